The van der Waals surface area contributed by atoms with Crippen molar-refractivity contribution in [3.8, 4) is 0 Å². The fourth-order valence-corrected chi connectivity index (χ4v) is 19.1. The molecule has 0 spiro atoms. The van der Waals surface area contributed by atoms with Crippen LogP contribution >= 0.6 is 0 Å². The van der Waals surface area contributed by atoms with E-state index in [4.69, 9.17) is 28.4 Å². The molecule has 0 aliphatic rings. The summed E-state index contributed by atoms with van der Waals surface area (Å²) in [6.45, 7) is 21.6. The van der Waals surface area contributed by atoms with Crippen molar-refractivity contribution >= 4 is 35.8 Å². The molecule has 0 aromatic carbocycles. The number of carbonyl (C=O) groups excluding carboxylic acids is 6. The van der Waals surface area contributed by atoms with Crippen molar-refractivity contribution in [1.29, 1.82) is 0 Å². The van der Waals surface area contributed by atoms with Gasteiger partial charge in [0.05, 0.1) is 39.1 Å². The molecule has 0 aliphatic heterocycles. The van der Waals surface area contributed by atoms with Gasteiger partial charge in [0.2, 0.25) is 0 Å². The van der Waals surface area contributed by atoms with Crippen LogP contribution in [0.2, 0.25) is 0 Å². The summed E-state index contributed by atoms with van der Waals surface area (Å²) in [4.78, 5) is 87.0. The van der Waals surface area contributed by atoms with Gasteiger partial charge in [0, 0.05) is 97.4 Å². The zero-order chi connectivity index (χ0) is 106. The predicted octanol–water partition coefficient (Wildman–Crippen LogP) is 37.2. The predicted molar refractivity (Wildman–Crippen MR) is 627 cm³/mol. The Kier molecular flexibility index (Phi) is 113. The van der Waals surface area contributed by atoms with Crippen LogP contribution in [0, 0.1) is 0 Å². The number of allylic oxidation sites excluding steroid dienone is 9. The Labute approximate surface area is 904 Å². The van der Waals surface area contributed by atoms with E-state index in [0.29, 0.717) is 78.0 Å². The Morgan fingerprint density at radius 2 is 0.349 bits per heavy atom. The van der Waals surface area contributed by atoms with Crippen LogP contribution < -0.4 is 0 Å². The topological polar surface area (TPSA) is 171 Å². The molecule has 0 saturated carbocycles. The van der Waals surface area contributed by atoms with Crippen LogP contribution in [0.1, 0.15) is 607 Å². The average Bonchev–Trinajstić information content (AvgIpc) is 0.965. The zero-order valence-electron chi connectivity index (χ0n) is 98.1. The van der Waals surface area contributed by atoms with Crippen LogP contribution in [0.15, 0.2) is 72.9 Å². The summed E-state index contributed by atoms with van der Waals surface area (Å²) in [5.74, 6) is -0.508. The van der Waals surface area contributed by atoms with Gasteiger partial charge >= 0.3 is 35.8 Å². The smallest absolute Gasteiger partial charge is 0.307 e. The molecule has 0 aromatic heterocycles. The first-order valence-corrected chi connectivity index (χ1v) is 63.4. The summed E-state index contributed by atoms with van der Waals surface area (Å²) in [5.41, 5.74) is 0. The molecular weight excluding hydrogens is 1810 g/mol. The summed E-state index contributed by atoms with van der Waals surface area (Å²) < 4.78 is 35.4. The molecule has 3 atom stereocenters. The van der Waals surface area contributed by atoms with E-state index >= 15 is 0 Å². The van der Waals surface area contributed by atoms with Gasteiger partial charge in [0.25, 0.3) is 0 Å². The third-order valence-electron chi connectivity index (χ3n) is 29.2. The van der Waals surface area contributed by atoms with E-state index in [0.717, 1.165) is 232 Å². The van der Waals surface area contributed by atoms with E-state index in [9.17, 15) is 28.8 Å². The Morgan fingerprint density at radius 3 is 0.555 bits per heavy atom. The Bertz CT molecular complexity index is 2800. The molecule has 0 amide bonds. The molecule has 16 heteroatoms. The van der Waals surface area contributed by atoms with Crippen molar-refractivity contribution in [3.05, 3.63) is 72.9 Å². The molecule has 0 bridgehead atoms. The molecule has 0 aromatic rings. The molecule has 3 unspecified atom stereocenters. The molecule has 0 saturated heterocycles. The van der Waals surface area contributed by atoms with Gasteiger partial charge in [-0.15, -0.1) is 0 Å². The molecule has 16 nitrogen and oxygen atoms in total. The molecule has 0 fully saturated rings. The second kappa shape index (κ2) is 117. The first-order chi connectivity index (χ1) is 71.7. The maximum absolute atomic E-state index is 13.0. The van der Waals surface area contributed by atoms with Crippen molar-refractivity contribution in [2.75, 3.05) is 99.9 Å². The van der Waals surface area contributed by atoms with Crippen LogP contribution in [0.5, 0.6) is 0 Å². The van der Waals surface area contributed by atoms with E-state index < -0.39 is 0 Å². The van der Waals surface area contributed by atoms with Crippen molar-refractivity contribution in [3.63, 3.8) is 0 Å². The van der Waals surface area contributed by atoms with E-state index in [1.54, 1.807) is 0 Å². The molecule has 0 aliphatic carbocycles. The third-order valence-corrected chi connectivity index (χ3v) is 29.2. The standard InChI is InChI=1S/C130H242N4O12/c1-10-16-22-28-31-34-37-40-43-46-49-52-55-64-73-82-94-106-130(140)146-124(100-88-27-21-15-6)103-91-79-70-61-58-67-76-85-97-121-143-127(137)109-112-133(9)115-118-134(116-113-131(7)110-107-125(135)141-119-95-83-74-65-56-59-68-77-89-101-122(98-86-25-19-13-4)144-128(138)104-92-80-71-62-53-50-47-44-41-38-35-32-29-23-17-11-2)117-114-132(8)111-108-126(136)142-120-96-84-75-66-57-60-69-78-90-102-123(99-87-26-20-14-5)145-129(139)105-93-81-72-63-54-51-48-45-42-39-36-33-30-24-18-12-3/h44-49,77-79,89-91,122-124H,10-43,50-76,80-88,92-121H2,1-9H3/b47-44-,48-45-,49-46-,89-77-,90-78-,91-79-. The Morgan fingerprint density at radius 1 is 0.178 bits per heavy atom. The second-order valence-corrected chi connectivity index (χ2v) is 43.8. The van der Waals surface area contributed by atoms with Crippen LogP contribution in [-0.4, -0.2) is 174 Å². The quantitative estimate of drug-likeness (QED) is 0.0244. The molecule has 146 heavy (non-hydrogen) atoms. The minimum absolute atomic E-state index is 0.0220. The van der Waals surface area contributed by atoms with Crippen LogP contribution in [0.25, 0.3) is 0 Å². The number of rotatable bonds is 118. The third kappa shape index (κ3) is 110. The van der Waals surface area contributed by atoms with Crippen molar-refractivity contribution in [2.45, 2.75) is 625 Å². The van der Waals surface area contributed by atoms with Gasteiger partial charge in [-0.3, -0.25) is 33.7 Å². The highest BCUT2D eigenvalue weighted by Crippen LogP contribution is 2.24. The highest BCUT2D eigenvalue weighted by molar-refractivity contribution is 5.71. The number of esters is 6. The lowest BCUT2D eigenvalue weighted by Gasteiger charge is -2.29. The summed E-state index contributed by atoms with van der Waals surface area (Å²) in [6.07, 6.45) is 127. The number of unbranched alkanes of at least 4 members (excludes halogenated alkanes) is 64. The number of ether oxygens (including phenoxy) is 6. The van der Waals surface area contributed by atoms with Crippen molar-refractivity contribution < 1.29 is 57.2 Å². The van der Waals surface area contributed by atoms with Gasteiger partial charge in [-0.2, -0.15) is 0 Å². The fraction of sp³-hybridized carbons (Fsp3) is 0.862. The number of hydrogen-bond donors (Lipinski definition) is 0. The monoisotopic (exact) mass is 2050 g/mol. The summed E-state index contributed by atoms with van der Waals surface area (Å²) >= 11 is 0. The minimum Gasteiger partial charge on any atom is -0.466 e. The lowest BCUT2D eigenvalue weighted by Crippen LogP contribution is -2.42. The van der Waals surface area contributed by atoms with Gasteiger partial charge in [0.1, 0.15) is 18.3 Å². The van der Waals surface area contributed by atoms with Gasteiger partial charge in [-0.25, -0.2) is 0 Å². The Balaban J connectivity index is 5.11. The van der Waals surface area contributed by atoms with Crippen LogP contribution in [0.4, 0.5) is 0 Å². The largest absolute Gasteiger partial charge is 0.466 e. The van der Waals surface area contributed by atoms with E-state index in [-0.39, 0.29) is 54.1 Å². The van der Waals surface area contributed by atoms with Gasteiger partial charge in [0.15, 0.2) is 0 Å². The molecular formula is C130H242N4O12. The number of carbonyl (C=O) groups is 6. The molecule has 0 heterocycles. The van der Waals surface area contributed by atoms with E-state index in [2.05, 4.69) is 155 Å². The van der Waals surface area contributed by atoms with Gasteiger partial charge in [-0.1, -0.05) is 429 Å². The van der Waals surface area contributed by atoms with E-state index in [1.807, 2.05) is 0 Å². The Hall–Kier alpha value is -4.90. The molecule has 0 rings (SSSR count). The van der Waals surface area contributed by atoms with Gasteiger partial charge < -0.3 is 43.1 Å². The van der Waals surface area contributed by atoms with Crippen molar-refractivity contribution in [2.24, 2.45) is 0 Å². The zero-order valence-corrected chi connectivity index (χ0v) is 98.1. The minimum atomic E-state index is -0.146. The lowest BCUT2D eigenvalue weighted by molar-refractivity contribution is -0.150. The summed E-state index contributed by atoms with van der Waals surface area (Å²) in [6, 6.07) is 0. The van der Waals surface area contributed by atoms with Gasteiger partial charge in [-0.05, 0) is 214 Å². The highest BCUT2D eigenvalue weighted by atomic mass is 16.6. The molecule has 854 valence electrons. The number of hydrogen-bond acceptors (Lipinski definition) is 16. The van der Waals surface area contributed by atoms with E-state index in [1.165, 1.54) is 334 Å². The average molecular weight is 2050 g/mol. The van der Waals surface area contributed by atoms with Crippen LogP contribution in [0.3, 0.4) is 0 Å². The summed E-state index contributed by atoms with van der Waals surface area (Å²) in [7, 11) is 6.23. The SMILES string of the molecule is CCCCCCCCC/C=C\CCCCCCCC(=O)OC(C/C=C\CCCCCCCCOC(=O)CCN(C)CCN(CCN(C)CCC(=O)OCCCCCCCC/C=C\CC(CCCCCC)OC(=O)CCCCCCC/C=C\CCCCCCCCC)CCN(C)CCC(=O)OCCCCCCCC/C=C\CC(CCCCCC)OC(=O)CCCCCCC/C=C\CCCCCCCCCC)CCCCCC. The second-order valence-electron chi connectivity index (χ2n) is 43.8. The first kappa shape index (κ1) is 141. The highest BCUT2D eigenvalue weighted by Gasteiger charge is 2.20. The number of likely N-dealkylation sites (N-methyl/N-ethyl adjacent to an activating group) is 3. The summed E-state index contributed by atoms with van der Waals surface area (Å²) in [5, 5.41) is 0. The lowest BCUT2D eigenvalue weighted by atomic mass is 10.1. The molecule has 0 N–H and O–H groups in total. The molecule has 0 radical (unpaired) electrons. The fourth-order valence-electron chi connectivity index (χ4n) is 19.1. The van der Waals surface area contributed by atoms with Crippen LogP contribution in [-0.2, 0) is 57.2 Å². The van der Waals surface area contributed by atoms with Crippen molar-refractivity contribution in [1.82, 2.24) is 19.6 Å². The first-order valence-electron chi connectivity index (χ1n) is 63.4. The maximum Gasteiger partial charge on any atom is 0.307 e. The maximum atomic E-state index is 13.0. The number of nitrogens with zero attached hydrogens (tertiary/aromatic N) is 4. The normalized spacial score (nSPS) is 12.7.